The van der Waals surface area contributed by atoms with Gasteiger partial charge in [-0.25, -0.2) is 9.97 Å². The summed E-state index contributed by atoms with van der Waals surface area (Å²) in [6.07, 6.45) is -1.29. The largest absolute Gasteiger partial charge is 0.494 e. The first-order valence-corrected chi connectivity index (χ1v) is 12.2. The lowest BCUT2D eigenvalue weighted by atomic mass is 9.70. The molecule has 1 atom stereocenters. The predicted molar refractivity (Wildman–Crippen MR) is 130 cm³/mol. The molecular formula is C26H27F3N6O. The average Bonchev–Trinajstić information content (AvgIpc) is 3.29. The molecule has 1 aliphatic heterocycles. The average molecular weight is 497 g/mol. The van der Waals surface area contributed by atoms with Gasteiger partial charge in [-0.2, -0.15) is 17.7 Å². The lowest BCUT2D eigenvalue weighted by Crippen LogP contribution is -2.56. The molecule has 188 valence electrons. The lowest BCUT2D eigenvalue weighted by Gasteiger charge is -2.40. The van der Waals surface area contributed by atoms with Crippen LogP contribution < -0.4 is 15.8 Å². The number of methoxy groups -OCH3 is 1. The smallest absolute Gasteiger partial charge is 0.410 e. The Balaban J connectivity index is 1.23. The summed E-state index contributed by atoms with van der Waals surface area (Å²) in [6.45, 7) is 0.375. The number of nitrogens with two attached hydrogens (primary N) is 1. The number of nitrogen functional groups attached to an aromatic ring is 1. The highest BCUT2D eigenvalue weighted by Gasteiger charge is 2.56. The molecule has 1 aliphatic carbocycles. The number of hydrogen-bond acceptors (Lipinski definition) is 6. The van der Waals surface area contributed by atoms with E-state index in [1.807, 2.05) is 30.3 Å². The zero-order valence-electron chi connectivity index (χ0n) is 19.8. The van der Waals surface area contributed by atoms with E-state index in [1.54, 1.807) is 23.8 Å². The molecule has 3 N–H and O–H groups in total. The van der Waals surface area contributed by atoms with Crippen LogP contribution >= 0.6 is 0 Å². The number of nitrogens with zero attached hydrogens (tertiary/aromatic N) is 4. The van der Waals surface area contributed by atoms with Gasteiger partial charge >= 0.3 is 6.18 Å². The van der Waals surface area contributed by atoms with Crippen LogP contribution in [0.15, 0.2) is 42.5 Å². The molecule has 2 fully saturated rings. The highest BCUT2D eigenvalue weighted by atomic mass is 19.4. The first kappa shape index (κ1) is 23.0. The summed E-state index contributed by atoms with van der Waals surface area (Å²) in [7, 11) is 1.59. The summed E-state index contributed by atoms with van der Waals surface area (Å²) in [4.78, 5) is 9.23. The Bertz CT molecular complexity index is 1420. The standard InChI is InChI=1S/C26H27F3N6O/c1-36-20-6-4-5-19-21(20)32-24(30)35-23(19)33-22(34-35)17-13-16(14-17)15-7-9-18(10-8-15)25(26(27,28)29)11-2-3-12-31-25/h4-10,16-17,31H,2-3,11-14H2,1H3,(H2,30,32)/t16-,17-,25-/m1/s1. The predicted octanol–water partition coefficient (Wildman–Crippen LogP) is 5.06. The van der Waals surface area contributed by atoms with Crippen LogP contribution in [0.5, 0.6) is 5.75 Å². The zero-order chi connectivity index (χ0) is 25.1. The van der Waals surface area contributed by atoms with Crippen molar-refractivity contribution in [2.45, 2.75) is 55.7 Å². The van der Waals surface area contributed by atoms with Crippen molar-refractivity contribution in [1.29, 1.82) is 0 Å². The maximum absolute atomic E-state index is 14.0. The molecule has 0 radical (unpaired) electrons. The molecule has 2 aliphatic rings. The van der Waals surface area contributed by atoms with E-state index in [1.165, 1.54) is 0 Å². The van der Waals surface area contributed by atoms with Crippen molar-refractivity contribution in [3.8, 4) is 5.75 Å². The van der Waals surface area contributed by atoms with E-state index in [2.05, 4.69) is 15.4 Å². The van der Waals surface area contributed by atoms with Gasteiger partial charge in [-0.05, 0) is 67.8 Å². The summed E-state index contributed by atoms with van der Waals surface area (Å²) < 4.78 is 49.0. The minimum atomic E-state index is -4.34. The van der Waals surface area contributed by atoms with Crippen LogP contribution in [0.2, 0.25) is 0 Å². The molecule has 0 amide bonds. The number of alkyl halides is 3. The number of ether oxygens (including phenoxy) is 1. The molecule has 0 bridgehead atoms. The molecule has 2 aromatic heterocycles. The van der Waals surface area contributed by atoms with Crippen LogP contribution in [-0.2, 0) is 5.54 Å². The van der Waals surface area contributed by atoms with E-state index in [0.29, 0.717) is 41.3 Å². The number of halogens is 3. The summed E-state index contributed by atoms with van der Waals surface area (Å²) in [6, 6.07) is 12.6. The first-order chi connectivity index (χ1) is 17.3. The topological polar surface area (TPSA) is 90.4 Å². The Hall–Kier alpha value is -3.40. The third-order valence-corrected chi connectivity index (χ3v) is 7.79. The van der Waals surface area contributed by atoms with Crippen molar-refractivity contribution >= 4 is 22.5 Å². The molecule has 6 rings (SSSR count). The fraction of sp³-hybridized carbons (Fsp3) is 0.423. The van der Waals surface area contributed by atoms with E-state index < -0.39 is 11.7 Å². The van der Waals surface area contributed by atoms with Gasteiger partial charge in [0.15, 0.2) is 11.5 Å². The highest BCUT2D eigenvalue weighted by molar-refractivity contribution is 5.95. The van der Waals surface area contributed by atoms with Gasteiger partial charge in [0, 0.05) is 11.3 Å². The minimum Gasteiger partial charge on any atom is -0.494 e. The van der Waals surface area contributed by atoms with Crippen molar-refractivity contribution in [2.24, 2.45) is 0 Å². The monoisotopic (exact) mass is 496 g/mol. The normalized spacial score (nSPS) is 24.7. The van der Waals surface area contributed by atoms with Crippen LogP contribution in [0.1, 0.15) is 60.9 Å². The van der Waals surface area contributed by atoms with Crippen molar-refractivity contribution in [2.75, 3.05) is 19.4 Å². The molecule has 7 nitrogen and oxygen atoms in total. The fourth-order valence-electron chi connectivity index (χ4n) is 5.68. The number of aromatic nitrogens is 4. The number of piperidine rings is 1. The number of hydrogen-bond donors (Lipinski definition) is 2. The molecule has 2 aromatic carbocycles. The van der Waals surface area contributed by atoms with E-state index in [4.69, 9.17) is 15.5 Å². The van der Waals surface area contributed by atoms with Gasteiger partial charge in [0.25, 0.3) is 0 Å². The van der Waals surface area contributed by atoms with Gasteiger partial charge in [-0.1, -0.05) is 30.3 Å². The summed E-state index contributed by atoms with van der Waals surface area (Å²) in [5.41, 5.74) is 6.82. The van der Waals surface area contributed by atoms with Crippen LogP contribution in [0.25, 0.3) is 16.6 Å². The molecule has 0 spiro atoms. The van der Waals surface area contributed by atoms with Gasteiger partial charge in [-0.15, -0.1) is 5.10 Å². The Kier molecular flexibility index (Phi) is 5.33. The number of anilines is 1. The number of nitrogens with one attached hydrogen (secondary N) is 1. The Morgan fingerprint density at radius 1 is 1.06 bits per heavy atom. The summed E-state index contributed by atoms with van der Waals surface area (Å²) >= 11 is 0. The summed E-state index contributed by atoms with van der Waals surface area (Å²) in [5.74, 6) is 1.96. The van der Waals surface area contributed by atoms with Gasteiger partial charge in [0.05, 0.1) is 7.11 Å². The van der Waals surface area contributed by atoms with Crippen molar-refractivity contribution < 1.29 is 17.9 Å². The molecular weight excluding hydrogens is 469 g/mol. The van der Waals surface area contributed by atoms with Crippen LogP contribution in [0.4, 0.5) is 19.1 Å². The van der Waals surface area contributed by atoms with E-state index in [-0.39, 0.29) is 24.2 Å². The highest BCUT2D eigenvalue weighted by Crippen LogP contribution is 2.48. The van der Waals surface area contributed by atoms with Gasteiger partial charge in [-0.3, -0.25) is 5.32 Å². The third-order valence-electron chi connectivity index (χ3n) is 7.79. The molecule has 0 unspecified atom stereocenters. The second-order valence-electron chi connectivity index (χ2n) is 9.81. The second kappa shape index (κ2) is 8.33. The quantitative estimate of drug-likeness (QED) is 0.411. The summed E-state index contributed by atoms with van der Waals surface area (Å²) in [5, 5.41) is 8.20. The van der Waals surface area contributed by atoms with Crippen LogP contribution in [0.3, 0.4) is 0 Å². The number of fused-ring (bicyclic) bond motifs is 3. The van der Waals surface area contributed by atoms with Crippen molar-refractivity contribution in [3.05, 3.63) is 59.4 Å². The molecule has 36 heavy (non-hydrogen) atoms. The maximum Gasteiger partial charge on any atom is 0.410 e. The van der Waals surface area contributed by atoms with Gasteiger partial charge in [0.2, 0.25) is 5.95 Å². The lowest BCUT2D eigenvalue weighted by molar-refractivity contribution is -0.207. The van der Waals surface area contributed by atoms with E-state index in [9.17, 15) is 13.2 Å². The van der Waals surface area contributed by atoms with Crippen molar-refractivity contribution in [1.82, 2.24) is 24.9 Å². The van der Waals surface area contributed by atoms with E-state index >= 15 is 0 Å². The second-order valence-corrected chi connectivity index (χ2v) is 9.81. The molecule has 1 saturated carbocycles. The van der Waals surface area contributed by atoms with Crippen molar-refractivity contribution in [3.63, 3.8) is 0 Å². The third kappa shape index (κ3) is 3.49. The Labute approximate surface area is 205 Å². The molecule has 4 aromatic rings. The zero-order valence-corrected chi connectivity index (χ0v) is 19.8. The van der Waals surface area contributed by atoms with Gasteiger partial charge in [0.1, 0.15) is 16.8 Å². The Morgan fingerprint density at radius 3 is 2.50 bits per heavy atom. The van der Waals surface area contributed by atoms with E-state index in [0.717, 1.165) is 30.2 Å². The Morgan fingerprint density at radius 2 is 1.83 bits per heavy atom. The number of para-hydroxylation sites is 1. The molecule has 3 heterocycles. The molecule has 1 saturated heterocycles. The SMILES string of the molecule is COc1cccc2c1nc(N)n1nc([C@H]3C[C@H](c4ccc([C@@]5(C(F)(F)F)CCCCN5)cc4)C3)nc21. The number of rotatable bonds is 4. The van der Waals surface area contributed by atoms with Gasteiger partial charge < -0.3 is 10.5 Å². The maximum atomic E-state index is 14.0. The minimum absolute atomic E-state index is 0.0689. The van der Waals surface area contributed by atoms with Crippen LogP contribution in [0, 0.1) is 0 Å². The van der Waals surface area contributed by atoms with Crippen LogP contribution in [-0.4, -0.2) is 39.4 Å². The fourth-order valence-corrected chi connectivity index (χ4v) is 5.68. The first-order valence-electron chi connectivity index (χ1n) is 12.2. The number of benzene rings is 2. The molecule has 10 heteroatoms.